The third kappa shape index (κ3) is 2.59. The first-order valence-corrected chi connectivity index (χ1v) is 5.83. The Morgan fingerprint density at radius 2 is 1.88 bits per heavy atom. The molecule has 0 aliphatic carbocycles. The number of halogens is 2. The fourth-order valence-electron chi connectivity index (χ4n) is 1.81. The van der Waals surface area contributed by atoms with Crippen LogP contribution in [0.1, 0.15) is 12.5 Å². The molecular formula is C14H13ClFN. The number of nitrogen functional groups attached to an aromatic ring is 1. The first-order chi connectivity index (χ1) is 8.10. The molecule has 0 radical (unpaired) electrons. The molecule has 88 valence electrons. The normalized spacial score (nSPS) is 10.5. The van der Waals surface area contributed by atoms with Crippen LogP contribution in [0.25, 0.3) is 11.1 Å². The third-order valence-corrected chi connectivity index (χ3v) is 2.94. The minimum absolute atomic E-state index is 0.331. The van der Waals surface area contributed by atoms with Crippen LogP contribution >= 0.6 is 11.6 Å². The van der Waals surface area contributed by atoms with E-state index in [0.29, 0.717) is 5.02 Å². The van der Waals surface area contributed by atoms with E-state index in [4.69, 9.17) is 17.3 Å². The maximum atomic E-state index is 13.3. The molecule has 2 N–H and O–H groups in total. The van der Waals surface area contributed by atoms with Crippen molar-refractivity contribution in [3.63, 3.8) is 0 Å². The van der Waals surface area contributed by atoms with Crippen molar-refractivity contribution < 1.29 is 4.39 Å². The SMILES string of the molecule is CCc1cc(-c2cc(F)cc(Cl)c2)ccc1N. The highest BCUT2D eigenvalue weighted by molar-refractivity contribution is 6.30. The molecule has 0 unspecified atom stereocenters. The number of hydrogen-bond acceptors (Lipinski definition) is 1. The Labute approximate surface area is 105 Å². The largest absolute Gasteiger partial charge is 0.399 e. The van der Waals surface area contributed by atoms with E-state index in [0.717, 1.165) is 28.8 Å². The standard InChI is InChI=1S/C14H13ClFN/c1-2-9-5-10(3-4-14(9)17)11-6-12(15)8-13(16)7-11/h3-8H,2,17H2,1H3. The molecule has 2 aromatic rings. The summed E-state index contributed by atoms with van der Waals surface area (Å²) in [6.45, 7) is 2.04. The maximum Gasteiger partial charge on any atom is 0.125 e. The molecule has 1 nitrogen and oxygen atoms in total. The maximum absolute atomic E-state index is 13.3. The van der Waals surface area contributed by atoms with E-state index in [1.54, 1.807) is 6.07 Å². The average Bonchev–Trinajstić information content (AvgIpc) is 2.28. The molecule has 0 fully saturated rings. The number of rotatable bonds is 2. The highest BCUT2D eigenvalue weighted by atomic mass is 35.5. The van der Waals surface area contributed by atoms with E-state index in [1.807, 2.05) is 25.1 Å². The zero-order chi connectivity index (χ0) is 12.4. The summed E-state index contributed by atoms with van der Waals surface area (Å²) >= 11 is 5.84. The van der Waals surface area contributed by atoms with Crippen molar-refractivity contribution in [2.75, 3.05) is 5.73 Å². The zero-order valence-corrected chi connectivity index (χ0v) is 10.3. The van der Waals surface area contributed by atoms with Gasteiger partial charge in [0.15, 0.2) is 0 Å². The van der Waals surface area contributed by atoms with E-state index in [2.05, 4.69) is 0 Å². The second-order valence-electron chi connectivity index (χ2n) is 3.93. The molecular weight excluding hydrogens is 237 g/mol. The summed E-state index contributed by atoms with van der Waals surface area (Å²) in [6.07, 6.45) is 0.850. The van der Waals surface area contributed by atoms with Gasteiger partial charge >= 0.3 is 0 Å². The predicted octanol–water partition coefficient (Wildman–Crippen LogP) is 4.29. The smallest absolute Gasteiger partial charge is 0.125 e. The Bertz CT molecular complexity index is 532. The van der Waals surface area contributed by atoms with Gasteiger partial charge in [-0.25, -0.2) is 4.39 Å². The molecule has 0 atom stereocenters. The zero-order valence-electron chi connectivity index (χ0n) is 9.50. The second kappa shape index (κ2) is 4.76. The highest BCUT2D eigenvalue weighted by Gasteiger charge is 2.04. The van der Waals surface area contributed by atoms with Crippen LogP contribution in [0.3, 0.4) is 0 Å². The predicted molar refractivity (Wildman–Crippen MR) is 70.6 cm³/mol. The Morgan fingerprint density at radius 3 is 2.53 bits per heavy atom. The summed E-state index contributed by atoms with van der Waals surface area (Å²) < 4.78 is 13.3. The minimum Gasteiger partial charge on any atom is -0.399 e. The van der Waals surface area contributed by atoms with Crippen LogP contribution in [0.15, 0.2) is 36.4 Å². The van der Waals surface area contributed by atoms with E-state index in [1.165, 1.54) is 12.1 Å². The molecule has 0 amide bonds. The van der Waals surface area contributed by atoms with Crippen LogP contribution in [0.2, 0.25) is 5.02 Å². The topological polar surface area (TPSA) is 26.0 Å². The van der Waals surface area contributed by atoms with Gasteiger partial charge in [-0.05, 0) is 53.4 Å². The van der Waals surface area contributed by atoms with Crippen LogP contribution in [-0.2, 0) is 6.42 Å². The Hall–Kier alpha value is -1.54. The molecule has 2 aromatic carbocycles. The van der Waals surface area contributed by atoms with Crippen molar-refractivity contribution in [2.24, 2.45) is 0 Å². The van der Waals surface area contributed by atoms with Gasteiger partial charge in [0, 0.05) is 10.7 Å². The fourth-order valence-corrected chi connectivity index (χ4v) is 2.03. The number of nitrogens with two attached hydrogens (primary N) is 1. The van der Waals surface area contributed by atoms with Gasteiger partial charge < -0.3 is 5.73 Å². The second-order valence-corrected chi connectivity index (χ2v) is 4.36. The molecule has 0 aromatic heterocycles. The van der Waals surface area contributed by atoms with Crippen molar-refractivity contribution in [3.8, 4) is 11.1 Å². The average molecular weight is 250 g/mol. The highest BCUT2D eigenvalue weighted by Crippen LogP contribution is 2.27. The van der Waals surface area contributed by atoms with Crippen molar-refractivity contribution in [1.29, 1.82) is 0 Å². The number of anilines is 1. The molecule has 3 heteroatoms. The van der Waals surface area contributed by atoms with Gasteiger partial charge in [-0.1, -0.05) is 24.6 Å². The van der Waals surface area contributed by atoms with Gasteiger partial charge in [0.2, 0.25) is 0 Å². The van der Waals surface area contributed by atoms with E-state index < -0.39 is 0 Å². The lowest BCUT2D eigenvalue weighted by molar-refractivity contribution is 0.628. The van der Waals surface area contributed by atoms with Gasteiger partial charge in [-0.3, -0.25) is 0 Å². The minimum atomic E-state index is -0.331. The van der Waals surface area contributed by atoms with Gasteiger partial charge in [-0.15, -0.1) is 0 Å². The summed E-state index contributed by atoms with van der Waals surface area (Å²) in [5.41, 5.74) is 9.36. The third-order valence-electron chi connectivity index (χ3n) is 2.72. The molecule has 17 heavy (non-hydrogen) atoms. The van der Waals surface area contributed by atoms with E-state index >= 15 is 0 Å². The van der Waals surface area contributed by atoms with E-state index in [9.17, 15) is 4.39 Å². The number of benzene rings is 2. The van der Waals surface area contributed by atoms with Crippen molar-refractivity contribution in [1.82, 2.24) is 0 Å². The van der Waals surface area contributed by atoms with Crippen molar-refractivity contribution >= 4 is 17.3 Å². The summed E-state index contributed by atoms with van der Waals surface area (Å²) in [7, 11) is 0. The van der Waals surface area contributed by atoms with Gasteiger partial charge in [0.05, 0.1) is 0 Å². The summed E-state index contributed by atoms with van der Waals surface area (Å²) in [4.78, 5) is 0. The van der Waals surface area contributed by atoms with Crippen LogP contribution in [0.5, 0.6) is 0 Å². The Balaban J connectivity index is 2.52. The van der Waals surface area contributed by atoms with E-state index in [-0.39, 0.29) is 5.82 Å². The lowest BCUT2D eigenvalue weighted by Crippen LogP contribution is -1.93. The van der Waals surface area contributed by atoms with Gasteiger partial charge in [-0.2, -0.15) is 0 Å². The fraction of sp³-hybridized carbons (Fsp3) is 0.143. The van der Waals surface area contributed by atoms with Gasteiger partial charge in [0.1, 0.15) is 5.82 Å². The molecule has 2 rings (SSSR count). The molecule has 0 aliphatic heterocycles. The Kier molecular flexibility index (Phi) is 3.34. The molecule has 0 aliphatic rings. The molecule has 0 heterocycles. The van der Waals surface area contributed by atoms with Crippen molar-refractivity contribution in [3.05, 3.63) is 52.8 Å². The van der Waals surface area contributed by atoms with Gasteiger partial charge in [0.25, 0.3) is 0 Å². The lowest BCUT2D eigenvalue weighted by Gasteiger charge is -2.08. The first kappa shape index (κ1) is 11.9. The molecule has 0 saturated carbocycles. The first-order valence-electron chi connectivity index (χ1n) is 5.45. The number of aryl methyl sites for hydroxylation is 1. The van der Waals surface area contributed by atoms with Crippen LogP contribution < -0.4 is 5.73 Å². The summed E-state index contributed by atoms with van der Waals surface area (Å²) in [6, 6.07) is 10.2. The van der Waals surface area contributed by atoms with Crippen LogP contribution in [0, 0.1) is 5.82 Å². The number of hydrogen-bond donors (Lipinski definition) is 1. The van der Waals surface area contributed by atoms with Crippen molar-refractivity contribution in [2.45, 2.75) is 13.3 Å². The molecule has 0 spiro atoms. The lowest BCUT2D eigenvalue weighted by atomic mass is 10.0. The Morgan fingerprint density at radius 1 is 1.12 bits per heavy atom. The van der Waals surface area contributed by atoms with Crippen LogP contribution in [-0.4, -0.2) is 0 Å². The summed E-state index contributed by atoms with van der Waals surface area (Å²) in [5.74, 6) is -0.331. The molecule has 0 bridgehead atoms. The molecule has 0 saturated heterocycles. The van der Waals surface area contributed by atoms with Crippen LogP contribution in [0.4, 0.5) is 10.1 Å². The quantitative estimate of drug-likeness (QED) is 0.790. The summed E-state index contributed by atoms with van der Waals surface area (Å²) in [5, 5.41) is 0.398. The monoisotopic (exact) mass is 249 g/mol.